The van der Waals surface area contributed by atoms with Gasteiger partial charge in [0.1, 0.15) is 6.17 Å². The van der Waals surface area contributed by atoms with E-state index < -0.39 is 0 Å². The number of para-hydroxylation sites is 1. The summed E-state index contributed by atoms with van der Waals surface area (Å²) in [5.74, 6) is 1.34. The summed E-state index contributed by atoms with van der Waals surface area (Å²) in [6, 6.07) is 23.4. The molecule has 1 heterocycles. The maximum Gasteiger partial charge on any atom is 0.258 e. The summed E-state index contributed by atoms with van der Waals surface area (Å²) in [4.78, 5) is 15.2. The van der Waals surface area contributed by atoms with Crippen molar-refractivity contribution in [1.82, 2.24) is 4.90 Å². The van der Waals surface area contributed by atoms with Crippen molar-refractivity contribution in [2.24, 2.45) is 0 Å². The molecule has 3 aromatic carbocycles. The zero-order chi connectivity index (χ0) is 20.2. The number of methoxy groups -OCH3 is 1. The molecule has 5 heteroatoms. The van der Waals surface area contributed by atoms with Gasteiger partial charge in [-0.05, 0) is 42.3 Å². The van der Waals surface area contributed by atoms with Crippen molar-refractivity contribution >= 4 is 11.6 Å². The van der Waals surface area contributed by atoms with Crippen molar-refractivity contribution in [1.29, 1.82) is 0 Å². The molecule has 4 rings (SSSR count). The number of anilines is 1. The zero-order valence-electron chi connectivity index (χ0n) is 16.6. The predicted octanol–water partition coefficient (Wildman–Crippen LogP) is 4.86. The van der Waals surface area contributed by atoms with Gasteiger partial charge in [-0.2, -0.15) is 0 Å². The Hall–Kier alpha value is -3.47. The Morgan fingerprint density at radius 3 is 2.48 bits per heavy atom. The van der Waals surface area contributed by atoms with E-state index in [1.165, 1.54) is 0 Å². The molecule has 0 aromatic heterocycles. The van der Waals surface area contributed by atoms with Crippen LogP contribution in [0.5, 0.6) is 11.5 Å². The van der Waals surface area contributed by atoms with E-state index in [4.69, 9.17) is 9.47 Å². The van der Waals surface area contributed by atoms with Crippen LogP contribution in [0, 0.1) is 0 Å². The first-order valence-corrected chi connectivity index (χ1v) is 9.72. The summed E-state index contributed by atoms with van der Waals surface area (Å²) in [5, 5.41) is 3.53. The van der Waals surface area contributed by atoms with Gasteiger partial charge in [-0.15, -0.1) is 0 Å². The average molecular weight is 388 g/mol. The third kappa shape index (κ3) is 3.76. The minimum Gasteiger partial charge on any atom is -0.493 e. The van der Waals surface area contributed by atoms with Gasteiger partial charge < -0.3 is 19.7 Å². The van der Waals surface area contributed by atoms with E-state index in [0.717, 1.165) is 16.8 Å². The summed E-state index contributed by atoms with van der Waals surface area (Å²) in [5.41, 5.74) is 3.52. The van der Waals surface area contributed by atoms with Crippen LogP contribution in [0.4, 0.5) is 5.69 Å². The quantitative estimate of drug-likeness (QED) is 0.655. The lowest BCUT2D eigenvalue weighted by Gasteiger charge is -2.38. The second-order valence-corrected chi connectivity index (χ2v) is 6.85. The van der Waals surface area contributed by atoms with Crippen molar-refractivity contribution in [2.45, 2.75) is 19.6 Å². The largest absolute Gasteiger partial charge is 0.493 e. The Bertz CT molecular complexity index is 1000. The highest BCUT2D eigenvalue weighted by Crippen LogP contribution is 2.37. The molecule has 1 N–H and O–H groups in total. The van der Waals surface area contributed by atoms with E-state index in [2.05, 4.69) is 5.32 Å². The van der Waals surface area contributed by atoms with Crippen LogP contribution in [-0.2, 0) is 6.54 Å². The average Bonchev–Trinajstić information content (AvgIpc) is 2.77. The first kappa shape index (κ1) is 18.9. The summed E-state index contributed by atoms with van der Waals surface area (Å²) in [7, 11) is 1.62. The van der Waals surface area contributed by atoms with E-state index in [1.54, 1.807) is 7.11 Å². The van der Waals surface area contributed by atoms with Crippen LogP contribution in [0.1, 0.15) is 34.6 Å². The smallest absolute Gasteiger partial charge is 0.258 e. The van der Waals surface area contributed by atoms with Crippen LogP contribution < -0.4 is 14.8 Å². The van der Waals surface area contributed by atoms with Crippen LogP contribution >= 0.6 is 0 Å². The molecule has 0 aliphatic carbocycles. The summed E-state index contributed by atoms with van der Waals surface area (Å²) in [6.45, 7) is 3.00. The van der Waals surface area contributed by atoms with Crippen LogP contribution in [0.25, 0.3) is 0 Å². The maximum absolute atomic E-state index is 13.4. The summed E-state index contributed by atoms with van der Waals surface area (Å²) in [6.07, 6.45) is -0.317. The van der Waals surface area contributed by atoms with Crippen molar-refractivity contribution in [2.75, 3.05) is 19.0 Å². The molecular formula is C24H24N2O3. The first-order valence-electron chi connectivity index (χ1n) is 9.72. The molecule has 29 heavy (non-hydrogen) atoms. The molecule has 0 saturated heterocycles. The van der Waals surface area contributed by atoms with Crippen LogP contribution in [0.2, 0.25) is 0 Å². The molecule has 0 saturated carbocycles. The highest BCUT2D eigenvalue weighted by molar-refractivity contribution is 6.01. The standard InChI is InChI=1S/C24H24N2O3/c1-3-29-21-14-13-18(15-22(21)28-2)23-25-20-12-8-7-11-19(20)24(27)26(23)16-17-9-5-4-6-10-17/h4-15,23,25H,3,16H2,1-2H3/t23-/m0/s1. The van der Waals surface area contributed by atoms with Crippen LogP contribution in [0.15, 0.2) is 72.8 Å². The van der Waals surface area contributed by atoms with E-state index >= 15 is 0 Å². The lowest BCUT2D eigenvalue weighted by molar-refractivity contribution is 0.0666. The predicted molar refractivity (Wildman–Crippen MR) is 113 cm³/mol. The fraction of sp³-hybridized carbons (Fsp3) is 0.208. The van der Waals surface area contributed by atoms with E-state index in [1.807, 2.05) is 84.6 Å². The normalized spacial score (nSPS) is 15.4. The molecule has 5 nitrogen and oxygen atoms in total. The number of benzene rings is 3. The molecule has 148 valence electrons. The number of nitrogens with one attached hydrogen (secondary N) is 1. The lowest BCUT2D eigenvalue weighted by atomic mass is 10.0. The Morgan fingerprint density at radius 1 is 0.966 bits per heavy atom. The van der Waals surface area contributed by atoms with Gasteiger partial charge in [0.2, 0.25) is 0 Å². The number of hydrogen-bond donors (Lipinski definition) is 1. The minimum absolute atomic E-state index is 0.000977. The van der Waals surface area contributed by atoms with Crippen molar-refractivity contribution in [3.63, 3.8) is 0 Å². The van der Waals surface area contributed by atoms with E-state index in [0.29, 0.717) is 30.2 Å². The number of nitrogens with zero attached hydrogens (tertiary/aromatic N) is 1. The molecule has 1 aliphatic heterocycles. The van der Waals surface area contributed by atoms with E-state index in [9.17, 15) is 4.79 Å². The SMILES string of the molecule is CCOc1ccc([C@H]2Nc3ccccc3C(=O)N2Cc2ccccc2)cc1OC. The molecule has 0 fully saturated rings. The Labute approximate surface area is 170 Å². The van der Waals surface area contributed by atoms with Crippen LogP contribution in [-0.4, -0.2) is 24.5 Å². The van der Waals surface area contributed by atoms with E-state index in [-0.39, 0.29) is 12.1 Å². The maximum atomic E-state index is 13.4. The minimum atomic E-state index is -0.317. The number of ether oxygens (including phenoxy) is 2. The van der Waals surface area contributed by atoms with Gasteiger partial charge in [0.05, 0.1) is 19.3 Å². The molecule has 0 radical (unpaired) electrons. The Balaban J connectivity index is 1.75. The third-order valence-corrected chi connectivity index (χ3v) is 5.02. The van der Waals surface area contributed by atoms with Gasteiger partial charge in [-0.25, -0.2) is 0 Å². The molecule has 1 aliphatic rings. The van der Waals surface area contributed by atoms with Crippen molar-refractivity contribution < 1.29 is 14.3 Å². The second-order valence-electron chi connectivity index (χ2n) is 6.85. The number of fused-ring (bicyclic) bond motifs is 1. The van der Waals surface area contributed by atoms with Crippen molar-refractivity contribution in [3.05, 3.63) is 89.5 Å². The Morgan fingerprint density at radius 2 is 1.72 bits per heavy atom. The topological polar surface area (TPSA) is 50.8 Å². The first-order chi connectivity index (χ1) is 14.2. The van der Waals surface area contributed by atoms with Gasteiger partial charge in [-0.1, -0.05) is 48.5 Å². The Kier molecular flexibility index (Phi) is 5.38. The monoisotopic (exact) mass is 388 g/mol. The van der Waals surface area contributed by atoms with Gasteiger partial charge >= 0.3 is 0 Å². The molecule has 3 aromatic rings. The molecule has 0 bridgehead atoms. The van der Waals surface area contributed by atoms with Crippen LogP contribution in [0.3, 0.4) is 0 Å². The zero-order valence-corrected chi connectivity index (χ0v) is 16.6. The fourth-order valence-corrected chi connectivity index (χ4v) is 3.63. The van der Waals surface area contributed by atoms with Gasteiger partial charge in [0.25, 0.3) is 5.91 Å². The number of carbonyl (C=O) groups excluding carboxylic acids is 1. The van der Waals surface area contributed by atoms with Gasteiger partial charge in [0, 0.05) is 12.2 Å². The molecule has 0 spiro atoms. The van der Waals surface area contributed by atoms with Gasteiger partial charge in [-0.3, -0.25) is 4.79 Å². The number of rotatable bonds is 6. The second kappa shape index (κ2) is 8.27. The molecule has 0 unspecified atom stereocenters. The van der Waals surface area contributed by atoms with Crippen molar-refractivity contribution in [3.8, 4) is 11.5 Å². The lowest BCUT2D eigenvalue weighted by Crippen LogP contribution is -2.42. The number of hydrogen-bond acceptors (Lipinski definition) is 4. The highest BCUT2D eigenvalue weighted by atomic mass is 16.5. The third-order valence-electron chi connectivity index (χ3n) is 5.02. The van der Waals surface area contributed by atoms with Gasteiger partial charge in [0.15, 0.2) is 11.5 Å². The molecular weight excluding hydrogens is 364 g/mol. The summed E-state index contributed by atoms with van der Waals surface area (Å²) >= 11 is 0. The summed E-state index contributed by atoms with van der Waals surface area (Å²) < 4.78 is 11.2. The fourth-order valence-electron chi connectivity index (χ4n) is 3.63. The number of carbonyl (C=O) groups is 1. The highest BCUT2D eigenvalue weighted by Gasteiger charge is 2.33. The number of amides is 1. The molecule has 1 atom stereocenters. The molecule has 1 amide bonds.